The van der Waals surface area contributed by atoms with Crippen molar-refractivity contribution in [1.29, 1.82) is 0 Å². The van der Waals surface area contributed by atoms with Crippen LogP contribution in [0.15, 0.2) is 0 Å². The van der Waals surface area contributed by atoms with Gasteiger partial charge in [0.1, 0.15) is 0 Å². The minimum Gasteiger partial charge on any atom is -1.00 e. The summed E-state index contributed by atoms with van der Waals surface area (Å²) in [5, 5.41) is 0. The third-order valence-corrected chi connectivity index (χ3v) is 1.21. The van der Waals surface area contributed by atoms with Crippen LogP contribution in [0.2, 0.25) is 0 Å². The van der Waals surface area contributed by atoms with Gasteiger partial charge < -0.3 is 37.2 Å². The third-order valence-electron chi connectivity index (χ3n) is 1.21. The molecule has 0 aromatic heterocycles. The van der Waals surface area contributed by atoms with Crippen LogP contribution in [0, 0.1) is 0 Å². The number of rotatable bonds is 4. The molecule has 0 amide bonds. The maximum Gasteiger partial charge on any atom is 3.00 e. The predicted octanol–water partition coefficient (Wildman–Crippen LogP) is -6.39. The number of hydrogen-bond donors (Lipinski definition) is 0. The van der Waals surface area contributed by atoms with Gasteiger partial charge in [-0.2, -0.15) is 0 Å². The molecule has 0 rings (SSSR count). The van der Waals surface area contributed by atoms with Crippen molar-refractivity contribution in [1.82, 2.24) is 0 Å². The minimum absolute atomic E-state index is 0. The van der Waals surface area contributed by atoms with Gasteiger partial charge in [0, 0.05) is 0 Å². The smallest absolute Gasteiger partial charge is 1.00 e. The Bertz CT molecular complexity index is 32.9. The van der Waals surface area contributed by atoms with E-state index in [1.54, 1.807) is 0 Å². The molecule has 68 valence electrons. The van der Waals surface area contributed by atoms with Gasteiger partial charge in [0.15, 0.2) is 0 Å². The molecule has 0 aliphatic rings. The van der Waals surface area contributed by atoms with Crippen molar-refractivity contribution < 1.29 is 37.2 Å². The van der Waals surface area contributed by atoms with Crippen LogP contribution in [-0.4, -0.2) is 8.41 Å². The van der Waals surface area contributed by atoms with E-state index in [-0.39, 0.29) is 45.6 Å². The quantitative estimate of drug-likeness (QED) is 0.325. The molecule has 11 heavy (non-hydrogen) atoms. The standard InChI is InChI=1S/C7H16.B.3ClH/c1-3-5-7-6-4-2;;;;/h3-7H2,1-2H3;;3*1H/q;+3;;;/p-3. The van der Waals surface area contributed by atoms with Gasteiger partial charge >= 0.3 is 8.41 Å². The molecule has 0 spiro atoms. The number of halogens is 3. The van der Waals surface area contributed by atoms with Crippen molar-refractivity contribution >= 4 is 8.41 Å². The summed E-state index contributed by atoms with van der Waals surface area (Å²) >= 11 is 0. The Balaban J connectivity index is -0.0000000300. The largest absolute Gasteiger partial charge is 3.00 e. The van der Waals surface area contributed by atoms with Gasteiger partial charge in [0.05, 0.1) is 0 Å². The molecule has 0 aliphatic carbocycles. The molecule has 0 aliphatic heterocycles. The zero-order valence-electron chi connectivity index (χ0n) is 7.25. The summed E-state index contributed by atoms with van der Waals surface area (Å²) in [6.07, 6.45) is 7.01. The van der Waals surface area contributed by atoms with Crippen molar-refractivity contribution in [3.63, 3.8) is 0 Å². The summed E-state index contributed by atoms with van der Waals surface area (Å²) in [5.41, 5.74) is 0. The summed E-state index contributed by atoms with van der Waals surface area (Å²) in [6, 6.07) is 0. The number of hydrogen-bond acceptors (Lipinski definition) is 0. The maximum absolute atomic E-state index is 2.25. The molecule has 4 heteroatoms. The van der Waals surface area contributed by atoms with Crippen molar-refractivity contribution in [3.05, 3.63) is 0 Å². The van der Waals surface area contributed by atoms with Gasteiger partial charge in [-0.05, 0) is 0 Å². The monoisotopic (exact) mass is 216 g/mol. The van der Waals surface area contributed by atoms with E-state index in [0.717, 1.165) is 0 Å². The van der Waals surface area contributed by atoms with E-state index in [0.29, 0.717) is 0 Å². The normalized spacial score (nSPS) is 6.00. The molecule has 0 aromatic rings. The summed E-state index contributed by atoms with van der Waals surface area (Å²) in [5.74, 6) is 0. The van der Waals surface area contributed by atoms with Crippen LogP contribution in [0.1, 0.15) is 46.0 Å². The van der Waals surface area contributed by atoms with Crippen molar-refractivity contribution in [3.8, 4) is 0 Å². The van der Waals surface area contributed by atoms with Crippen LogP contribution >= 0.6 is 0 Å². The maximum atomic E-state index is 2.25. The molecule has 0 unspecified atom stereocenters. The van der Waals surface area contributed by atoms with Crippen molar-refractivity contribution in [2.24, 2.45) is 0 Å². The van der Waals surface area contributed by atoms with Crippen molar-refractivity contribution in [2.45, 2.75) is 46.0 Å². The molecular formula is C7H16BCl3. The van der Waals surface area contributed by atoms with Gasteiger partial charge in [0.25, 0.3) is 0 Å². The molecule has 0 fully saturated rings. The van der Waals surface area contributed by atoms with E-state index < -0.39 is 0 Å². The van der Waals surface area contributed by atoms with Crippen LogP contribution in [0.3, 0.4) is 0 Å². The van der Waals surface area contributed by atoms with Crippen molar-refractivity contribution in [2.75, 3.05) is 0 Å². The summed E-state index contributed by atoms with van der Waals surface area (Å²) in [6.45, 7) is 4.49. The third kappa shape index (κ3) is 35.8. The van der Waals surface area contributed by atoms with Gasteiger partial charge in [-0.15, -0.1) is 0 Å². The van der Waals surface area contributed by atoms with E-state index in [1.165, 1.54) is 32.1 Å². The number of unbranched alkanes of at least 4 members (excludes halogenated alkanes) is 4. The second-order valence-electron chi connectivity index (χ2n) is 2.06. The topological polar surface area (TPSA) is 0 Å². The zero-order chi connectivity index (χ0) is 5.54. The van der Waals surface area contributed by atoms with E-state index in [1.807, 2.05) is 0 Å². The molecule has 0 radical (unpaired) electrons. The fraction of sp³-hybridized carbons (Fsp3) is 1.00. The van der Waals surface area contributed by atoms with Crippen LogP contribution in [0.25, 0.3) is 0 Å². The average Bonchev–Trinajstić information content (AvgIpc) is 1.69. The summed E-state index contributed by atoms with van der Waals surface area (Å²) < 4.78 is 0. The van der Waals surface area contributed by atoms with Crippen LogP contribution in [0.5, 0.6) is 0 Å². The zero-order valence-corrected chi connectivity index (χ0v) is 9.51. The Morgan fingerprint density at radius 1 is 0.636 bits per heavy atom. The fourth-order valence-electron chi connectivity index (χ4n) is 0.677. The molecule has 0 bridgehead atoms. The Labute approximate surface area is 91.7 Å². The minimum atomic E-state index is 0. The molecule has 0 saturated carbocycles. The van der Waals surface area contributed by atoms with Crippen LogP contribution in [-0.2, 0) is 0 Å². The average molecular weight is 217 g/mol. The molecule has 0 atom stereocenters. The molecule has 0 aromatic carbocycles. The van der Waals surface area contributed by atoms with Gasteiger partial charge in [-0.25, -0.2) is 0 Å². The SMILES string of the molecule is CCCCCCC.[B+3].[Cl-].[Cl-].[Cl-]. The summed E-state index contributed by atoms with van der Waals surface area (Å²) in [7, 11) is 0. The Morgan fingerprint density at radius 2 is 0.909 bits per heavy atom. The van der Waals surface area contributed by atoms with E-state index in [9.17, 15) is 0 Å². The Hall–Kier alpha value is 0.935. The second-order valence-corrected chi connectivity index (χ2v) is 2.06. The van der Waals surface area contributed by atoms with E-state index >= 15 is 0 Å². The molecular weight excluding hydrogens is 201 g/mol. The first-order valence-corrected chi connectivity index (χ1v) is 3.41. The van der Waals surface area contributed by atoms with E-state index in [4.69, 9.17) is 0 Å². The first-order valence-electron chi connectivity index (χ1n) is 3.41. The summed E-state index contributed by atoms with van der Waals surface area (Å²) in [4.78, 5) is 0. The van der Waals surface area contributed by atoms with Gasteiger partial charge in [-0.3, -0.25) is 0 Å². The molecule has 0 saturated heterocycles. The van der Waals surface area contributed by atoms with Crippen LogP contribution in [0.4, 0.5) is 0 Å². The first-order chi connectivity index (χ1) is 3.41. The van der Waals surface area contributed by atoms with E-state index in [2.05, 4.69) is 13.8 Å². The fourth-order valence-corrected chi connectivity index (χ4v) is 0.677. The Kier molecular flexibility index (Phi) is 82.7. The Morgan fingerprint density at radius 3 is 1.09 bits per heavy atom. The van der Waals surface area contributed by atoms with Crippen LogP contribution < -0.4 is 37.2 Å². The first kappa shape index (κ1) is 29.7. The van der Waals surface area contributed by atoms with Gasteiger partial charge in [-0.1, -0.05) is 46.0 Å². The molecule has 0 nitrogen and oxygen atoms in total. The second kappa shape index (κ2) is 30.6. The van der Waals surface area contributed by atoms with Gasteiger partial charge in [0.2, 0.25) is 0 Å². The molecule has 0 N–H and O–H groups in total. The molecule has 0 heterocycles. The predicted molar refractivity (Wildman–Crippen MR) is 40.2 cm³/mol.